The standard InChI is InChI=1S/C7H9ClFN3O2/c1-4-11-5(14-12-4)2-3-10-7(13)6(8)9/h6H,2-3H2,1H3,(H,10,13). The third-order valence-electron chi connectivity index (χ3n) is 1.41. The summed E-state index contributed by atoms with van der Waals surface area (Å²) < 4.78 is 16.9. The number of halogens is 2. The second-order valence-corrected chi connectivity index (χ2v) is 2.96. The molecule has 7 heteroatoms. The van der Waals surface area contributed by atoms with Crippen LogP contribution in [0.3, 0.4) is 0 Å². The van der Waals surface area contributed by atoms with E-state index in [1.54, 1.807) is 6.92 Å². The molecule has 1 atom stereocenters. The van der Waals surface area contributed by atoms with Crippen LogP contribution in [0.2, 0.25) is 0 Å². The molecule has 1 heterocycles. The maximum Gasteiger partial charge on any atom is 0.270 e. The Labute approximate surface area is 84.6 Å². The Balaban J connectivity index is 2.25. The van der Waals surface area contributed by atoms with Gasteiger partial charge in [0.1, 0.15) is 0 Å². The van der Waals surface area contributed by atoms with Crippen LogP contribution in [0.4, 0.5) is 4.39 Å². The van der Waals surface area contributed by atoms with Gasteiger partial charge in [-0.1, -0.05) is 16.8 Å². The van der Waals surface area contributed by atoms with Crippen LogP contribution in [0.5, 0.6) is 0 Å². The highest BCUT2D eigenvalue weighted by atomic mass is 35.5. The number of amides is 1. The molecule has 0 radical (unpaired) electrons. The highest BCUT2D eigenvalue weighted by Crippen LogP contribution is 1.98. The number of alkyl halides is 2. The first-order valence-electron chi connectivity index (χ1n) is 3.94. The van der Waals surface area contributed by atoms with E-state index in [9.17, 15) is 9.18 Å². The molecule has 14 heavy (non-hydrogen) atoms. The SMILES string of the molecule is Cc1noc(CCNC(=O)C(F)Cl)n1. The van der Waals surface area contributed by atoms with E-state index in [1.807, 2.05) is 0 Å². The van der Waals surface area contributed by atoms with Crippen LogP contribution in [0.1, 0.15) is 11.7 Å². The monoisotopic (exact) mass is 221 g/mol. The van der Waals surface area contributed by atoms with Gasteiger partial charge in [0.25, 0.3) is 11.5 Å². The van der Waals surface area contributed by atoms with Crippen molar-refractivity contribution in [3.63, 3.8) is 0 Å². The van der Waals surface area contributed by atoms with Crippen molar-refractivity contribution in [1.29, 1.82) is 0 Å². The highest BCUT2D eigenvalue weighted by Gasteiger charge is 2.12. The van der Waals surface area contributed by atoms with E-state index in [-0.39, 0.29) is 6.54 Å². The minimum Gasteiger partial charge on any atom is -0.352 e. The Morgan fingerprint density at radius 1 is 1.79 bits per heavy atom. The number of carbonyl (C=O) groups is 1. The molecule has 0 saturated carbocycles. The Bertz CT molecular complexity index is 316. The predicted octanol–water partition coefficient (Wildman–Crippen LogP) is 0.571. The van der Waals surface area contributed by atoms with E-state index in [1.165, 1.54) is 0 Å². The number of aryl methyl sites for hydroxylation is 1. The van der Waals surface area contributed by atoms with Gasteiger partial charge in [-0.05, 0) is 6.92 Å². The summed E-state index contributed by atoms with van der Waals surface area (Å²) in [4.78, 5) is 14.6. The van der Waals surface area contributed by atoms with Crippen LogP contribution in [-0.4, -0.2) is 28.2 Å². The number of nitrogens with zero attached hydrogens (tertiary/aromatic N) is 2. The van der Waals surface area contributed by atoms with Gasteiger partial charge in [0, 0.05) is 13.0 Å². The molecule has 0 aliphatic heterocycles. The zero-order valence-corrected chi connectivity index (χ0v) is 8.21. The summed E-state index contributed by atoms with van der Waals surface area (Å²) in [5, 5.41) is 5.82. The van der Waals surface area contributed by atoms with Crippen LogP contribution < -0.4 is 5.32 Å². The first kappa shape index (κ1) is 10.9. The summed E-state index contributed by atoms with van der Waals surface area (Å²) in [6.45, 7) is 1.90. The van der Waals surface area contributed by atoms with Crippen molar-refractivity contribution >= 4 is 17.5 Å². The Morgan fingerprint density at radius 2 is 2.50 bits per heavy atom. The lowest BCUT2D eigenvalue weighted by atomic mass is 10.4. The molecule has 0 bridgehead atoms. The van der Waals surface area contributed by atoms with Crippen LogP contribution in [0.15, 0.2) is 4.52 Å². The molecule has 0 aliphatic carbocycles. The van der Waals surface area contributed by atoms with Gasteiger partial charge >= 0.3 is 0 Å². The molecule has 0 fully saturated rings. The quantitative estimate of drug-likeness (QED) is 0.755. The maximum atomic E-state index is 12.1. The second kappa shape index (κ2) is 4.90. The van der Waals surface area contributed by atoms with E-state index in [0.717, 1.165) is 0 Å². The fourth-order valence-corrected chi connectivity index (χ4v) is 0.889. The molecule has 0 spiro atoms. The topological polar surface area (TPSA) is 68.0 Å². The molecule has 0 saturated heterocycles. The number of aromatic nitrogens is 2. The summed E-state index contributed by atoms with van der Waals surface area (Å²) >= 11 is 4.88. The Hall–Kier alpha value is -1.17. The lowest BCUT2D eigenvalue weighted by Crippen LogP contribution is -2.30. The van der Waals surface area contributed by atoms with Crippen molar-refractivity contribution in [3.8, 4) is 0 Å². The van der Waals surface area contributed by atoms with Gasteiger partial charge in [0.15, 0.2) is 5.82 Å². The van der Waals surface area contributed by atoms with E-state index in [0.29, 0.717) is 18.1 Å². The molecule has 1 N–H and O–H groups in total. The van der Waals surface area contributed by atoms with Crippen LogP contribution in [0, 0.1) is 6.92 Å². The summed E-state index contributed by atoms with van der Waals surface area (Å²) in [6, 6.07) is 0. The lowest BCUT2D eigenvalue weighted by Gasteiger charge is -2.01. The lowest BCUT2D eigenvalue weighted by molar-refractivity contribution is -0.123. The molecule has 0 aliphatic rings. The van der Waals surface area contributed by atoms with Gasteiger partial charge in [0.05, 0.1) is 0 Å². The molecule has 1 unspecified atom stereocenters. The summed E-state index contributed by atoms with van der Waals surface area (Å²) in [5.41, 5.74) is -2.01. The molecule has 1 aromatic heterocycles. The average Bonchev–Trinajstić information content (AvgIpc) is 2.51. The highest BCUT2D eigenvalue weighted by molar-refractivity contribution is 6.29. The van der Waals surface area contributed by atoms with Crippen LogP contribution in [-0.2, 0) is 11.2 Å². The van der Waals surface area contributed by atoms with Crippen molar-refractivity contribution in [2.75, 3.05) is 6.54 Å². The average molecular weight is 222 g/mol. The van der Waals surface area contributed by atoms with Crippen LogP contribution >= 0.6 is 11.6 Å². The van der Waals surface area contributed by atoms with E-state index in [2.05, 4.69) is 15.5 Å². The maximum absolute atomic E-state index is 12.1. The third-order valence-corrected chi connectivity index (χ3v) is 1.60. The van der Waals surface area contributed by atoms with Crippen molar-refractivity contribution in [2.24, 2.45) is 0 Å². The van der Waals surface area contributed by atoms with Crippen molar-refractivity contribution in [2.45, 2.75) is 19.0 Å². The van der Waals surface area contributed by atoms with Crippen molar-refractivity contribution in [1.82, 2.24) is 15.5 Å². The van der Waals surface area contributed by atoms with Gasteiger partial charge in [0.2, 0.25) is 5.89 Å². The Kier molecular flexibility index (Phi) is 3.82. The van der Waals surface area contributed by atoms with Gasteiger partial charge in [-0.25, -0.2) is 4.39 Å². The largest absolute Gasteiger partial charge is 0.352 e. The molecule has 1 amide bonds. The van der Waals surface area contributed by atoms with Gasteiger partial charge in [-0.2, -0.15) is 4.98 Å². The molecular formula is C7H9ClFN3O2. The van der Waals surface area contributed by atoms with Crippen molar-refractivity contribution < 1.29 is 13.7 Å². The third kappa shape index (κ3) is 3.29. The number of carbonyl (C=O) groups excluding carboxylic acids is 1. The summed E-state index contributed by atoms with van der Waals surface area (Å²) in [7, 11) is 0. The second-order valence-electron chi connectivity index (χ2n) is 2.58. The molecule has 78 valence electrons. The molecular weight excluding hydrogens is 213 g/mol. The minimum absolute atomic E-state index is 0.216. The van der Waals surface area contributed by atoms with E-state index in [4.69, 9.17) is 16.1 Å². The van der Waals surface area contributed by atoms with Gasteiger partial charge < -0.3 is 9.84 Å². The summed E-state index contributed by atoms with van der Waals surface area (Å²) in [6.07, 6.45) is 0.357. The first-order chi connectivity index (χ1) is 6.59. The molecule has 0 aromatic carbocycles. The molecule has 1 aromatic rings. The first-order valence-corrected chi connectivity index (χ1v) is 4.38. The Morgan fingerprint density at radius 3 is 3.00 bits per heavy atom. The number of nitrogens with one attached hydrogen (secondary N) is 1. The predicted molar refractivity (Wildman–Crippen MR) is 46.5 cm³/mol. The molecule has 5 nitrogen and oxygen atoms in total. The smallest absolute Gasteiger partial charge is 0.270 e. The zero-order chi connectivity index (χ0) is 10.6. The number of hydrogen-bond acceptors (Lipinski definition) is 4. The summed E-state index contributed by atoms with van der Waals surface area (Å²) in [5.74, 6) is 0.0581. The fourth-order valence-electron chi connectivity index (χ4n) is 0.811. The van der Waals surface area contributed by atoms with E-state index >= 15 is 0 Å². The van der Waals surface area contributed by atoms with E-state index < -0.39 is 11.5 Å². The van der Waals surface area contributed by atoms with Gasteiger partial charge in [-0.15, -0.1) is 0 Å². The number of rotatable bonds is 4. The van der Waals surface area contributed by atoms with Crippen LogP contribution in [0.25, 0.3) is 0 Å². The zero-order valence-electron chi connectivity index (χ0n) is 7.46. The number of hydrogen-bond donors (Lipinski definition) is 1. The minimum atomic E-state index is -2.01. The normalized spacial score (nSPS) is 12.5. The fraction of sp³-hybridized carbons (Fsp3) is 0.571. The van der Waals surface area contributed by atoms with Gasteiger partial charge in [-0.3, -0.25) is 4.79 Å². The van der Waals surface area contributed by atoms with Crippen molar-refractivity contribution in [3.05, 3.63) is 11.7 Å². The molecule has 1 rings (SSSR count).